The SMILES string of the molecule is COC(=O)NC(C(=O)N1CCCC1c1ncc(-c2ccc3cc(-c4ccc5nc(C6COCCN6C(=O)C(NC(=O)OC)C6=CCC=CC6)[nH]c5c4)ccc3c2)[nH]1)C1=CCC=CC1. The molecule has 4 atom stereocenters. The van der Waals surface area contributed by atoms with Crippen molar-refractivity contribution >= 4 is 45.8 Å². The molecule has 2 saturated heterocycles. The Hall–Kier alpha value is -7.00. The van der Waals surface area contributed by atoms with Crippen molar-refractivity contribution in [2.45, 2.75) is 62.7 Å². The van der Waals surface area contributed by atoms with Crippen LogP contribution in [0.5, 0.6) is 0 Å². The summed E-state index contributed by atoms with van der Waals surface area (Å²) in [5.41, 5.74) is 7.13. The minimum absolute atomic E-state index is 0.168. The van der Waals surface area contributed by atoms with Crippen molar-refractivity contribution in [3.8, 4) is 22.4 Å². The molecule has 324 valence electrons. The summed E-state index contributed by atoms with van der Waals surface area (Å²) in [5.74, 6) is 0.919. The zero-order valence-electron chi connectivity index (χ0n) is 35.3. The minimum atomic E-state index is -0.861. The van der Waals surface area contributed by atoms with Crippen LogP contribution in [0.4, 0.5) is 9.59 Å². The third-order valence-corrected chi connectivity index (χ3v) is 12.4. The highest BCUT2D eigenvalue weighted by atomic mass is 16.5. The summed E-state index contributed by atoms with van der Waals surface area (Å²) < 4.78 is 15.6. The Balaban J connectivity index is 0.915. The van der Waals surface area contributed by atoms with E-state index in [1.165, 1.54) is 14.2 Å². The summed E-state index contributed by atoms with van der Waals surface area (Å²) in [7, 11) is 2.58. The number of nitrogens with zero attached hydrogens (tertiary/aromatic N) is 4. The first-order valence-corrected chi connectivity index (χ1v) is 21.4. The van der Waals surface area contributed by atoms with Crippen LogP contribution < -0.4 is 10.6 Å². The number of aromatic nitrogens is 4. The lowest BCUT2D eigenvalue weighted by Gasteiger charge is -2.37. The van der Waals surface area contributed by atoms with E-state index < -0.39 is 30.3 Å². The summed E-state index contributed by atoms with van der Waals surface area (Å²) >= 11 is 0. The van der Waals surface area contributed by atoms with Crippen molar-refractivity contribution in [3.63, 3.8) is 0 Å². The highest BCUT2D eigenvalue weighted by molar-refractivity contribution is 5.93. The fourth-order valence-corrected chi connectivity index (χ4v) is 9.04. The predicted molar refractivity (Wildman–Crippen MR) is 237 cm³/mol. The standard InChI is InChI=1S/C48H50N8O7/c1-61-47(59)53-41(29-10-5-3-6-11-29)45(57)55-21-9-14-39(55)43-49-27-38(52-43)35-18-17-31-24-32(15-16-33(31)25-35)34-19-20-36-37(26-34)51-44(50-36)40-28-63-23-22-56(40)46(58)42(54-48(60)62-2)30-12-7-4-8-13-30/h3-5,7,11,13,15-20,24-27,39-42H,6,8-10,12,14,21-23,28H2,1-2H3,(H,49,52)(H,50,51)(H,53,59)(H,54,60). The van der Waals surface area contributed by atoms with Gasteiger partial charge in [0.15, 0.2) is 0 Å². The highest BCUT2D eigenvalue weighted by Crippen LogP contribution is 2.35. The number of morpholine rings is 1. The molecule has 0 spiro atoms. The third-order valence-electron chi connectivity index (χ3n) is 12.4. The molecule has 0 radical (unpaired) electrons. The molecular weight excluding hydrogens is 801 g/mol. The van der Waals surface area contributed by atoms with Crippen molar-refractivity contribution in [1.29, 1.82) is 0 Å². The molecule has 63 heavy (non-hydrogen) atoms. The van der Waals surface area contributed by atoms with Gasteiger partial charge in [-0.15, -0.1) is 0 Å². The molecule has 2 aliphatic heterocycles. The van der Waals surface area contributed by atoms with E-state index in [0.717, 1.165) is 68.2 Å². The van der Waals surface area contributed by atoms with Crippen molar-refractivity contribution < 1.29 is 33.4 Å². The molecule has 15 heteroatoms. The zero-order chi connectivity index (χ0) is 43.5. The number of ether oxygens (including phenoxy) is 3. The number of H-pyrrole nitrogens is 2. The van der Waals surface area contributed by atoms with Gasteiger partial charge in [0.1, 0.15) is 29.8 Å². The van der Waals surface area contributed by atoms with E-state index in [4.69, 9.17) is 24.2 Å². The number of hydrogen-bond donors (Lipinski definition) is 4. The van der Waals surface area contributed by atoms with Crippen LogP contribution in [-0.4, -0.2) is 106 Å². The van der Waals surface area contributed by atoms with Crippen LogP contribution in [0.15, 0.2) is 108 Å². The number of nitrogens with one attached hydrogen (secondary N) is 4. The second-order valence-electron chi connectivity index (χ2n) is 16.1. The van der Waals surface area contributed by atoms with Gasteiger partial charge in [0.2, 0.25) is 11.8 Å². The molecule has 4 aliphatic rings. The number of methoxy groups -OCH3 is 2. The van der Waals surface area contributed by atoms with E-state index in [1.54, 1.807) is 4.90 Å². The quantitative estimate of drug-likeness (QED) is 0.105. The number of carbonyl (C=O) groups excluding carboxylic acids is 4. The van der Waals surface area contributed by atoms with Crippen LogP contribution in [-0.2, 0) is 23.8 Å². The molecule has 0 bridgehead atoms. The topological polar surface area (TPSA) is 184 Å². The first-order chi connectivity index (χ1) is 30.8. The van der Waals surface area contributed by atoms with Crippen LogP contribution >= 0.6 is 0 Å². The van der Waals surface area contributed by atoms with Gasteiger partial charge in [-0.05, 0) is 95.8 Å². The normalized spacial score (nSPS) is 19.7. The number of imidazole rings is 2. The van der Waals surface area contributed by atoms with E-state index in [-0.39, 0.29) is 24.5 Å². The number of fused-ring (bicyclic) bond motifs is 2. The zero-order valence-corrected chi connectivity index (χ0v) is 35.3. The maximum atomic E-state index is 14.1. The number of likely N-dealkylation sites (tertiary alicyclic amines) is 1. The van der Waals surface area contributed by atoms with Crippen LogP contribution in [0.25, 0.3) is 44.2 Å². The molecule has 4 heterocycles. The molecule has 3 aromatic carbocycles. The summed E-state index contributed by atoms with van der Waals surface area (Å²) in [6.07, 6.45) is 16.7. The molecule has 2 fully saturated rings. The van der Waals surface area contributed by atoms with Crippen molar-refractivity contribution in [3.05, 3.63) is 120 Å². The first-order valence-electron chi connectivity index (χ1n) is 21.4. The maximum absolute atomic E-state index is 14.1. The van der Waals surface area contributed by atoms with Crippen molar-refractivity contribution in [1.82, 2.24) is 40.4 Å². The number of aromatic amines is 2. The highest BCUT2D eigenvalue weighted by Gasteiger charge is 2.39. The average molecular weight is 851 g/mol. The molecule has 5 aromatic rings. The molecule has 15 nitrogen and oxygen atoms in total. The Bertz CT molecular complexity index is 2690. The van der Waals surface area contributed by atoms with Crippen molar-refractivity contribution in [2.24, 2.45) is 0 Å². The molecule has 4 amide bonds. The van der Waals surface area contributed by atoms with E-state index >= 15 is 0 Å². The van der Waals surface area contributed by atoms with Gasteiger partial charge >= 0.3 is 12.2 Å². The van der Waals surface area contributed by atoms with Gasteiger partial charge in [0.25, 0.3) is 0 Å². The summed E-state index contributed by atoms with van der Waals surface area (Å²) in [6, 6.07) is 16.3. The van der Waals surface area contributed by atoms with Gasteiger partial charge in [0.05, 0.1) is 56.4 Å². The lowest BCUT2D eigenvalue weighted by molar-refractivity contribution is -0.141. The number of allylic oxidation sites excluding steroid dienone is 6. The van der Waals surface area contributed by atoms with Gasteiger partial charge in [-0.1, -0.05) is 66.8 Å². The monoisotopic (exact) mass is 850 g/mol. The number of hydrogen-bond acceptors (Lipinski definition) is 9. The average Bonchev–Trinajstić information content (AvgIpc) is 4.13. The Labute approximate surface area is 364 Å². The Morgan fingerprint density at radius 1 is 0.730 bits per heavy atom. The van der Waals surface area contributed by atoms with E-state index in [1.807, 2.05) is 59.7 Å². The lowest BCUT2D eigenvalue weighted by atomic mass is 9.96. The Morgan fingerprint density at radius 2 is 1.35 bits per heavy atom. The molecule has 4 unspecified atom stereocenters. The number of rotatable bonds is 10. The predicted octanol–water partition coefficient (Wildman–Crippen LogP) is 7.34. The molecular formula is C48H50N8O7. The van der Waals surface area contributed by atoms with Crippen LogP contribution in [0.1, 0.15) is 62.3 Å². The van der Waals surface area contributed by atoms with Gasteiger partial charge in [-0.2, -0.15) is 0 Å². The Morgan fingerprint density at radius 3 is 2.00 bits per heavy atom. The number of carbonyl (C=O) groups is 4. The molecule has 2 aromatic heterocycles. The number of benzene rings is 3. The molecule has 4 N–H and O–H groups in total. The third kappa shape index (κ3) is 8.60. The van der Waals surface area contributed by atoms with Crippen LogP contribution in [0.3, 0.4) is 0 Å². The molecule has 0 saturated carbocycles. The fraction of sp³-hybridized carbons (Fsp3) is 0.333. The van der Waals surface area contributed by atoms with E-state index in [9.17, 15) is 19.2 Å². The summed E-state index contributed by atoms with van der Waals surface area (Å²) in [5, 5.41) is 7.65. The molecule has 9 rings (SSSR count). The van der Waals surface area contributed by atoms with Gasteiger partial charge < -0.3 is 44.6 Å². The van der Waals surface area contributed by atoms with Gasteiger partial charge in [-0.25, -0.2) is 19.6 Å². The van der Waals surface area contributed by atoms with Gasteiger partial charge in [-0.3, -0.25) is 9.59 Å². The largest absolute Gasteiger partial charge is 0.453 e. The first kappa shape index (κ1) is 41.4. The van der Waals surface area contributed by atoms with Gasteiger partial charge in [0, 0.05) is 18.7 Å². The maximum Gasteiger partial charge on any atom is 0.407 e. The fourth-order valence-electron chi connectivity index (χ4n) is 9.04. The van der Waals surface area contributed by atoms with Crippen LogP contribution in [0.2, 0.25) is 0 Å². The summed E-state index contributed by atoms with van der Waals surface area (Å²) in [4.78, 5) is 73.0. The van der Waals surface area contributed by atoms with Crippen LogP contribution in [0, 0.1) is 0 Å². The van der Waals surface area contributed by atoms with E-state index in [2.05, 4.69) is 63.1 Å². The summed E-state index contributed by atoms with van der Waals surface area (Å²) in [6.45, 7) is 1.56. The smallest absolute Gasteiger partial charge is 0.407 e. The minimum Gasteiger partial charge on any atom is -0.453 e. The lowest BCUT2D eigenvalue weighted by Crippen LogP contribution is -2.53. The molecule has 2 aliphatic carbocycles. The number of amides is 4. The second kappa shape index (κ2) is 18.2. The Kier molecular flexibility index (Phi) is 11.9. The number of alkyl carbamates (subject to hydrolysis) is 2. The van der Waals surface area contributed by atoms with E-state index in [0.29, 0.717) is 57.0 Å². The second-order valence-corrected chi connectivity index (χ2v) is 16.1. The van der Waals surface area contributed by atoms with Crippen molar-refractivity contribution in [2.75, 3.05) is 40.5 Å².